The quantitative estimate of drug-likeness (QED) is 0.656. The summed E-state index contributed by atoms with van der Waals surface area (Å²) in [5, 5.41) is 0. The van der Waals surface area contributed by atoms with E-state index in [1.165, 1.54) is 6.21 Å². The van der Waals surface area contributed by atoms with E-state index in [1.807, 2.05) is 41.5 Å². The Morgan fingerprint density at radius 3 is 1.88 bits per heavy atom. The Morgan fingerprint density at radius 1 is 1.06 bits per heavy atom. The standard InChI is InChI=1S/C12H21NO2S/c1-11(2,3)9-7-8-13-16(14,15)10(9)12(4,5)6/h8H,7H2,1-6H3. The van der Waals surface area contributed by atoms with Crippen molar-refractivity contribution in [3.05, 3.63) is 10.5 Å². The summed E-state index contributed by atoms with van der Waals surface area (Å²) in [4.78, 5) is 0.495. The first-order valence-electron chi connectivity index (χ1n) is 5.49. The van der Waals surface area contributed by atoms with Gasteiger partial charge in [-0.25, -0.2) is 0 Å². The lowest BCUT2D eigenvalue weighted by molar-refractivity contribution is 0.450. The Labute approximate surface area is 98.7 Å². The average molecular weight is 243 g/mol. The first kappa shape index (κ1) is 13.4. The molecule has 0 aromatic rings. The second kappa shape index (κ2) is 3.69. The molecule has 4 heteroatoms. The van der Waals surface area contributed by atoms with Gasteiger partial charge in [0.15, 0.2) is 0 Å². The van der Waals surface area contributed by atoms with E-state index in [2.05, 4.69) is 4.40 Å². The Balaban J connectivity index is 3.54. The lowest BCUT2D eigenvalue weighted by atomic mass is 9.79. The predicted molar refractivity (Wildman–Crippen MR) is 68.0 cm³/mol. The van der Waals surface area contributed by atoms with Crippen LogP contribution in [0.3, 0.4) is 0 Å². The molecule has 0 fully saturated rings. The number of sulfonamides is 1. The fourth-order valence-electron chi connectivity index (χ4n) is 2.01. The highest BCUT2D eigenvalue weighted by Crippen LogP contribution is 2.42. The number of hydrogen-bond donors (Lipinski definition) is 0. The summed E-state index contributed by atoms with van der Waals surface area (Å²) in [7, 11) is -3.46. The summed E-state index contributed by atoms with van der Waals surface area (Å²) in [5.41, 5.74) is 0.455. The number of allylic oxidation sites excluding steroid dienone is 2. The van der Waals surface area contributed by atoms with E-state index in [1.54, 1.807) is 0 Å². The van der Waals surface area contributed by atoms with Gasteiger partial charge in [0.25, 0.3) is 10.0 Å². The maximum Gasteiger partial charge on any atom is 0.278 e. The summed E-state index contributed by atoms with van der Waals surface area (Å²) in [6.45, 7) is 11.9. The van der Waals surface area contributed by atoms with Crippen LogP contribution in [-0.4, -0.2) is 14.6 Å². The summed E-state index contributed by atoms with van der Waals surface area (Å²) < 4.78 is 27.7. The van der Waals surface area contributed by atoms with Crippen molar-refractivity contribution in [2.24, 2.45) is 15.2 Å². The minimum Gasteiger partial charge on any atom is -0.200 e. The van der Waals surface area contributed by atoms with Crippen LogP contribution in [0.25, 0.3) is 0 Å². The molecule has 92 valence electrons. The molecule has 0 amide bonds. The molecule has 0 bridgehead atoms. The van der Waals surface area contributed by atoms with Gasteiger partial charge in [-0.3, -0.25) is 0 Å². The Morgan fingerprint density at radius 2 is 1.56 bits per heavy atom. The fourth-order valence-corrected chi connectivity index (χ4v) is 3.87. The molecule has 1 aliphatic rings. The van der Waals surface area contributed by atoms with Crippen molar-refractivity contribution in [1.29, 1.82) is 0 Å². The number of nitrogens with zero attached hydrogens (tertiary/aromatic N) is 1. The molecule has 0 spiro atoms. The smallest absolute Gasteiger partial charge is 0.200 e. The monoisotopic (exact) mass is 243 g/mol. The largest absolute Gasteiger partial charge is 0.278 e. The van der Waals surface area contributed by atoms with E-state index in [4.69, 9.17) is 0 Å². The second-order valence-corrected chi connectivity index (χ2v) is 7.84. The molecule has 0 saturated heterocycles. The third kappa shape index (κ3) is 2.54. The summed E-state index contributed by atoms with van der Waals surface area (Å²) in [6, 6.07) is 0. The maximum absolute atomic E-state index is 12.0. The number of hydrogen-bond acceptors (Lipinski definition) is 2. The molecule has 3 nitrogen and oxygen atoms in total. The Bertz CT molecular complexity index is 442. The highest BCUT2D eigenvalue weighted by Gasteiger charge is 2.37. The highest BCUT2D eigenvalue weighted by molar-refractivity contribution is 7.94. The minimum atomic E-state index is -3.46. The molecule has 0 unspecified atom stereocenters. The van der Waals surface area contributed by atoms with Gasteiger partial charge in [0.05, 0.1) is 4.91 Å². The zero-order valence-corrected chi connectivity index (χ0v) is 11.8. The van der Waals surface area contributed by atoms with Gasteiger partial charge in [-0.1, -0.05) is 41.5 Å². The first-order valence-corrected chi connectivity index (χ1v) is 6.93. The van der Waals surface area contributed by atoms with Crippen LogP contribution in [0.2, 0.25) is 0 Å². The van der Waals surface area contributed by atoms with E-state index in [0.29, 0.717) is 11.3 Å². The van der Waals surface area contributed by atoms with Crippen LogP contribution in [0.15, 0.2) is 14.9 Å². The van der Waals surface area contributed by atoms with E-state index >= 15 is 0 Å². The van der Waals surface area contributed by atoms with Crippen LogP contribution < -0.4 is 0 Å². The van der Waals surface area contributed by atoms with Gasteiger partial charge in [-0.15, -0.1) is 0 Å². The van der Waals surface area contributed by atoms with E-state index in [-0.39, 0.29) is 10.8 Å². The average Bonchev–Trinajstić information content (AvgIpc) is 1.97. The van der Waals surface area contributed by atoms with E-state index in [0.717, 1.165) is 5.57 Å². The van der Waals surface area contributed by atoms with Crippen LogP contribution >= 0.6 is 0 Å². The van der Waals surface area contributed by atoms with Gasteiger partial charge in [-0.2, -0.15) is 12.8 Å². The third-order valence-electron chi connectivity index (χ3n) is 2.63. The van der Waals surface area contributed by atoms with Gasteiger partial charge < -0.3 is 0 Å². The van der Waals surface area contributed by atoms with Crippen molar-refractivity contribution in [2.75, 3.05) is 0 Å². The number of rotatable bonds is 0. The molecular formula is C12H21NO2S. The normalized spacial score (nSPS) is 21.4. The lowest BCUT2D eigenvalue weighted by Crippen LogP contribution is -2.27. The molecular weight excluding hydrogens is 222 g/mol. The van der Waals surface area contributed by atoms with Crippen LogP contribution in [0.1, 0.15) is 48.0 Å². The SMILES string of the molecule is CC(C)(C)C1=C(C(C)(C)C)S(=O)(=O)N=CC1. The van der Waals surface area contributed by atoms with Gasteiger partial charge in [-0.05, 0) is 16.4 Å². The van der Waals surface area contributed by atoms with Gasteiger partial charge in [0, 0.05) is 12.6 Å². The second-order valence-electron chi connectivity index (χ2n) is 6.27. The first-order chi connectivity index (χ1) is 6.96. The van der Waals surface area contributed by atoms with Crippen molar-refractivity contribution in [3.8, 4) is 0 Å². The molecule has 1 heterocycles. The van der Waals surface area contributed by atoms with Crippen LogP contribution in [0.4, 0.5) is 0 Å². The van der Waals surface area contributed by atoms with Crippen LogP contribution in [0.5, 0.6) is 0 Å². The highest BCUT2D eigenvalue weighted by atomic mass is 32.2. The fraction of sp³-hybridized carbons (Fsp3) is 0.750. The zero-order chi connectivity index (χ0) is 12.8. The molecule has 0 saturated carbocycles. The van der Waals surface area contributed by atoms with E-state index < -0.39 is 10.0 Å². The van der Waals surface area contributed by atoms with Gasteiger partial charge in [0.2, 0.25) is 0 Å². The molecule has 1 rings (SSSR count). The lowest BCUT2D eigenvalue weighted by Gasteiger charge is -2.33. The van der Waals surface area contributed by atoms with Crippen molar-refractivity contribution >= 4 is 16.2 Å². The Kier molecular flexibility index (Phi) is 3.10. The molecule has 1 aliphatic heterocycles. The summed E-state index contributed by atoms with van der Waals surface area (Å²) in [5.74, 6) is 0. The van der Waals surface area contributed by atoms with E-state index in [9.17, 15) is 8.42 Å². The molecule has 0 atom stereocenters. The zero-order valence-electron chi connectivity index (χ0n) is 11.0. The molecule has 0 aromatic carbocycles. The summed E-state index contributed by atoms with van der Waals surface area (Å²) >= 11 is 0. The van der Waals surface area contributed by atoms with Gasteiger partial charge in [0.1, 0.15) is 0 Å². The molecule has 0 radical (unpaired) electrons. The molecule has 16 heavy (non-hydrogen) atoms. The van der Waals surface area contributed by atoms with Crippen LogP contribution in [0, 0.1) is 10.8 Å². The summed E-state index contributed by atoms with van der Waals surface area (Å²) in [6.07, 6.45) is 2.14. The minimum absolute atomic E-state index is 0.137. The molecule has 0 aliphatic carbocycles. The van der Waals surface area contributed by atoms with Gasteiger partial charge >= 0.3 is 0 Å². The van der Waals surface area contributed by atoms with Crippen molar-refractivity contribution in [3.63, 3.8) is 0 Å². The molecule has 0 N–H and O–H groups in total. The van der Waals surface area contributed by atoms with Crippen molar-refractivity contribution < 1.29 is 8.42 Å². The third-order valence-corrected chi connectivity index (χ3v) is 4.43. The predicted octanol–water partition coefficient (Wildman–Crippen LogP) is 3.14. The van der Waals surface area contributed by atoms with Crippen LogP contribution in [-0.2, 0) is 10.0 Å². The van der Waals surface area contributed by atoms with Crippen molar-refractivity contribution in [1.82, 2.24) is 0 Å². The topological polar surface area (TPSA) is 46.5 Å². The Hall–Kier alpha value is -0.640. The maximum atomic E-state index is 12.0. The van der Waals surface area contributed by atoms with Crippen molar-refractivity contribution in [2.45, 2.75) is 48.0 Å². The molecule has 0 aromatic heterocycles.